The lowest BCUT2D eigenvalue weighted by Crippen LogP contribution is -2.39. The van der Waals surface area contributed by atoms with Crippen LogP contribution in [0.2, 0.25) is 0 Å². The van der Waals surface area contributed by atoms with E-state index in [-0.39, 0.29) is 0 Å². The molecule has 17 heavy (non-hydrogen) atoms. The first kappa shape index (κ1) is 11.9. The molecule has 1 N–H and O–H groups in total. The highest BCUT2D eigenvalue weighted by Crippen LogP contribution is 2.41. The standard InChI is InChI=1S/C15H18O2/c1-2-3-10-15(14(16)17)11-6-8-12-7-4-5-9-13(12)15/h2,4-5,7,9H,1,3,6,8,10-11H2,(H,16,17). The minimum atomic E-state index is -0.691. The summed E-state index contributed by atoms with van der Waals surface area (Å²) < 4.78 is 0. The third-order valence-electron chi connectivity index (χ3n) is 3.77. The molecule has 1 aliphatic carbocycles. The molecule has 0 aromatic heterocycles. The summed E-state index contributed by atoms with van der Waals surface area (Å²) in [7, 11) is 0. The van der Waals surface area contributed by atoms with Crippen LogP contribution >= 0.6 is 0 Å². The molecule has 2 heteroatoms. The van der Waals surface area contributed by atoms with Crippen LogP contribution in [0.15, 0.2) is 36.9 Å². The molecular formula is C15H18O2. The van der Waals surface area contributed by atoms with E-state index in [1.165, 1.54) is 5.56 Å². The second-order valence-electron chi connectivity index (χ2n) is 4.73. The molecule has 0 saturated carbocycles. The van der Waals surface area contributed by atoms with Crippen LogP contribution in [0.25, 0.3) is 0 Å². The van der Waals surface area contributed by atoms with E-state index in [4.69, 9.17) is 0 Å². The lowest BCUT2D eigenvalue weighted by Gasteiger charge is -2.35. The van der Waals surface area contributed by atoms with Crippen LogP contribution in [0.3, 0.4) is 0 Å². The number of carboxylic acid groups (broad SMARTS) is 1. The summed E-state index contributed by atoms with van der Waals surface area (Å²) in [5, 5.41) is 9.63. The predicted molar refractivity (Wildman–Crippen MR) is 68.1 cm³/mol. The topological polar surface area (TPSA) is 37.3 Å². The Labute approximate surface area is 102 Å². The van der Waals surface area contributed by atoms with Crippen molar-refractivity contribution in [1.29, 1.82) is 0 Å². The molecule has 2 rings (SSSR count). The molecule has 0 saturated heterocycles. The molecule has 0 bridgehead atoms. The van der Waals surface area contributed by atoms with Crippen LogP contribution < -0.4 is 0 Å². The van der Waals surface area contributed by atoms with Crippen molar-refractivity contribution < 1.29 is 9.90 Å². The van der Waals surface area contributed by atoms with Crippen LogP contribution in [-0.4, -0.2) is 11.1 Å². The Balaban J connectivity index is 2.47. The zero-order chi connectivity index (χ0) is 12.3. The van der Waals surface area contributed by atoms with Crippen LogP contribution in [0, 0.1) is 0 Å². The number of aryl methyl sites for hydroxylation is 1. The van der Waals surface area contributed by atoms with E-state index in [2.05, 4.69) is 12.6 Å². The Hall–Kier alpha value is -1.57. The van der Waals surface area contributed by atoms with Crippen molar-refractivity contribution in [3.8, 4) is 0 Å². The molecule has 2 nitrogen and oxygen atoms in total. The zero-order valence-corrected chi connectivity index (χ0v) is 9.98. The quantitative estimate of drug-likeness (QED) is 0.806. The number of carbonyl (C=O) groups is 1. The van der Waals surface area contributed by atoms with Crippen molar-refractivity contribution in [2.75, 3.05) is 0 Å². The van der Waals surface area contributed by atoms with E-state index in [0.29, 0.717) is 6.42 Å². The van der Waals surface area contributed by atoms with E-state index in [1.54, 1.807) is 0 Å². The maximum atomic E-state index is 11.7. The summed E-state index contributed by atoms with van der Waals surface area (Å²) in [6.45, 7) is 3.70. The first-order valence-electron chi connectivity index (χ1n) is 6.13. The molecule has 0 spiro atoms. The molecular weight excluding hydrogens is 212 g/mol. The number of hydrogen-bond donors (Lipinski definition) is 1. The number of hydrogen-bond acceptors (Lipinski definition) is 1. The third kappa shape index (κ3) is 1.99. The smallest absolute Gasteiger partial charge is 0.314 e. The number of rotatable bonds is 4. The van der Waals surface area contributed by atoms with Crippen molar-refractivity contribution in [3.05, 3.63) is 48.0 Å². The SMILES string of the molecule is C=CCCC1(C(=O)O)CCCc2ccccc21. The van der Waals surface area contributed by atoms with Crippen molar-refractivity contribution in [1.82, 2.24) is 0 Å². The molecule has 0 fully saturated rings. The first-order chi connectivity index (χ1) is 8.20. The molecule has 1 aromatic carbocycles. The first-order valence-corrected chi connectivity index (χ1v) is 6.13. The lowest BCUT2D eigenvalue weighted by molar-refractivity contribution is -0.144. The number of allylic oxidation sites excluding steroid dienone is 1. The highest BCUT2D eigenvalue weighted by Gasteiger charge is 2.42. The van der Waals surface area contributed by atoms with Crippen LogP contribution in [0.1, 0.15) is 36.8 Å². The number of fused-ring (bicyclic) bond motifs is 1. The van der Waals surface area contributed by atoms with Gasteiger partial charge in [-0.2, -0.15) is 0 Å². The van der Waals surface area contributed by atoms with E-state index in [9.17, 15) is 9.90 Å². The average molecular weight is 230 g/mol. The van der Waals surface area contributed by atoms with Crippen molar-refractivity contribution in [3.63, 3.8) is 0 Å². The second kappa shape index (κ2) is 4.74. The fourth-order valence-electron chi connectivity index (χ4n) is 2.86. The molecule has 0 aliphatic heterocycles. The van der Waals surface area contributed by atoms with Gasteiger partial charge in [-0.3, -0.25) is 4.79 Å². The summed E-state index contributed by atoms with van der Waals surface area (Å²) in [5.74, 6) is -0.688. The summed E-state index contributed by atoms with van der Waals surface area (Å²) in [6, 6.07) is 7.96. The van der Waals surface area contributed by atoms with Gasteiger partial charge >= 0.3 is 5.97 Å². The molecule has 1 atom stereocenters. The molecule has 0 heterocycles. The van der Waals surface area contributed by atoms with Gasteiger partial charge in [0.1, 0.15) is 0 Å². The van der Waals surface area contributed by atoms with Gasteiger partial charge in [0.2, 0.25) is 0 Å². The highest BCUT2D eigenvalue weighted by atomic mass is 16.4. The molecule has 1 unspecified atom stereocenters. The predicted octanol–water partition coefficient (Wildman–Crippen LogP) is 3.31. The maximum Gasteiger partial charge on any atom is 0.314 e. The van der Waals surface area contributed by atoms with Gasteiger partial charge in [-0.15, -0.1) is 6.58 Å². The van der Waals surface area contributed by atoms with Gasteiger partial charge in [0.25, 0.3) is 0 Å². The minimum absolute atomic E-state index is 0.656. The average Bonchev–Trinajstić information content (AvgIpc) is 2.36. The van der Waals surface area contributed by atoms with E-state index < -0.39 is 11.4 Å². The minimum Gasteiger partial charge on any atom is -0.481 e. The fourth-order valence-corrected chi connectivity index (χ4v) is 2.86. The van der Waals surface area contributed by atoms with E-state index in [1.807, 2.05) is 24.3 Å². The van der Waals surface area contributed by atoms with E-state index in [0.717, 1.165) is 31.2 Å². The summed E-state index contributed by atoms with van der Waals surface area (Å²) >= 11 is 0. The Morgan fingerprint density at radius 2 is 2.24 bits per heavy atom. The van der Waals surface area contributed by atoms with Gasteiger partial charge in [0.05, 0.1) is 5.41 Å². The normalized spacial score (nSPS) is 22.8. The van der Waals surface area contributed by atoms with Gasteiger partial charge in [0.15, 0.2) is 0 Å². The van der Waals surface area contributed by atoms with Crippen molar-refractivity contribution >= 4 is 5.97 Å². The Kier molecular flexibility index (Phi) is 3.32. The summed E-state index contributed by atoms with van der Waals surface area (Å²) in [4.78, 5) is 11.7. The molecule has 90 valence electrons. The van der Waals surface area contributed by atoms with Gasteiger partial charge < -0.3 is 5.11 Å². The zero-order valence-electron chi connectivity index (χ0n) is 9.98. The number of carboxylic acids is 1. The third-order valence-corrected chi connectivity index (χ3v) is 3.77. The van der Waals surface area contributed by atoms with Gasteiger partial charge in [-0.05, 0) is 43.2 Å². The van der Waals surface area contributed by atoms with Crippen LogP contribution in [0.5, 0.6) is 0 Å². The Morgan fingerprint density at radius 3 is 2.94 bits per heavy atom. The molecule has 1 aromatic rings. The lowest BCUT2D eigenvalue weighted by atomic mass is 9.67. The van der Waals surface area contributed by atoms with Crippen molar-refractivity contribution in [2.24, 2.45) is 0 Å². The van der Waals surface area contributed by atoms with Crippen molar-refractivity contribution in [2.45, 2.75) is 37.5 Å². The fraction of sp³-hybridized carbons (Fsp3) is 0.400. The van der Waals surface area contributed by atoms with E-state index >= 15 is 0 Å². The highest BCUT2D eigenvalue weighted by molar-refractivity contribution is 5.82. The Morgan fingerprint density at radius 1 is 1.47 bits per heavy atom. The van der Waals surface area contributed by atoms with Gasteiger partial charge in [-0.1, -0.05) is 30.3 Å². The van der Waals surface area contributed by atoms with Crippen LogP contribution in [0.4, 0.5) is 0 Å². The summed E-state index contributed by atoms with van der Waals surface area (Å²) in [5.41, 5.74) is 1.52. The maximum absolute atomic E-state index is 11.7. The van der Waals surface area contributed by atoms with Gasteiger partial charge in [-0.25, -0.2) is 0 Å². The second-order valence-corrected chi connectivity index (χ2v) is 4.73. The monoisotopic (exact) mass is 230 g/mol. The molecule has 0 amide bonds. The molecule has 1 aliphatic rings. The molecule has 0 radical (unpaired) electrons. The largest absolute Gasteiger partial charge is 0.481 e. The number of benzene rings is 1. The number of aliphatic carboxylic acids is 1. The summed E-state index contributed by atoms with van der Waals surface area (Å²) in [6.07, 6.45) is 5.92. The van der Waals surface area contributed by atoms with Crippen LogP contribution in [-0.2, 0) is 16.6 Å². The van der Waals surface area contributed by atoms with Gasteiger partial charge in [0, 0.05) is 0 Å². The Bertz CT molecular complexity index is 436.